The predicted octanol–water partition coefficient (Wildman–Crippen LogP) is 2.96. The van der Waals surface area contributed by atoms with Crippen molar-refractivity contribution in [2.45, 2.75) is 47.0 Å². The highest BCUT2D eigenvalue weighted by molar-refractivity contribution is 5.74. The average Bonchev–Trinajstić information content (AvgIpc) is 2.42. The van der Waals surface area contributed by atoms with Gasteiger partial charge in [-0.05, 0) is 25.8 Å². The van der Waals surface area contributed by atoms with E-state index >= 15 is 0 Å². The van der Waals surface area contributed by atoms with Crippen LogP contribution in [0.1, 0.15) is 47.0 Å². The summed E-state index contributed by atoms with van der Waals surface area (Å²) in [5.74, 6) is 0.311. The van der Waals surface area contributed by atoms with Crippen LogP contribution < -0.4 is 5.48 Å². The Morgan fingerprint density at radius 2 is 2.00 bits per heavy atom. The van der Waals surface area contributed by atoms with E-state index in [4.69, 9.17) is 14.8 Å². The minimum absolute atomic E-state index is 0.179. The van der Waals surface area contributed by atoms with Gasteiger partial charge in [0, 0.05) is 12.0 Å². The van der Waals surface area contributed by atoms with Gasteiger partial charge in [-0.2, -0.15) is 0 Å². The highest BCUT2D eigenvalue weighted by Crippen LogP contribution is 2.19. The summed E-state index contributed by atoms with van der Waals surface area (Å²) >= 11 is 0. The number of carbonyl (C=O) groups excluding carboxylic acids is 1. The molecular formula is C14H22N2O3. The normalized spacial score (nSPS) is 12.5. The zero-order valence-electron chi connectivity index (χ0n) is 12.1. The Morgan fingerprint density at radius 1 is 1.32 bits per heavy atom. The molecule has 106 valence electrons. The summed E-state index contributed by atoms with van der Waals surface area (Å²) in [7, 11) is 0. The highest BCUT2D eigenvalue weighted by atomic mass is 16.7. The molecule has 0 aliphatic rings. The van der Waals surface area contributed by atoms with Crippen LogP contribution in [0.15, 0.2) is 23.0 Å². The third-order valence-corrected chi connectivity index (χ3v) is 2.61. The smallest absolute Gasteiger partial charge is 0.292 e. The molecule has 0 saturated heterocycles. The minimum Gasteiger partial charge on any atom is -0.388 e. The maximum atomic E-state index is 11.1. The molecule has 19 heavy (non-hydrogen) atoms. The Kier molecular flexibility index (Phi) is 9.19. The van der Waals surface area contributed by atoms with Gasteiger partial charge in [-0.1, -0.05) is 26.3 Å². The second kappa shape index (κ2) is 10.2. The van der Waals surface area contributed by atoms with Gasteiger partial charge in [0.05, 0.1) is 0 Å². The van der Waals surface area contributed by atoms with Crippen molar-refractivity contribution in [3.05, 3.63) is 23.0 Å². The number of nitrogens with zero attached hydrogens (tertiary/aromatic N) is 1. The number of allylic oxidation sites excluding steroid dienone is 2. The van der Waals surface area contributed by atoms with Crippen LogP contribution in [0, 0.1) is 11.5 Å². The molecule has 0 saturated carbocycles. The Hall–Kier alpha value is -1.80. The SMILES string of the molecule is CC/C=C(OC#N)\C(CONC(=O)CC)=C(\C)CC. The van der Waals surface area contributed by atoms with Crippen LogP contribution in [0.3, 0.4) is 0 Å². The van der Waals surface area contributed by atoms with Crippen LogP contribution in [0.25, 0.3) is 0 Å². The lowest BCUT2D eigenvalue weighted by molar-refractivity contribution is -0.132. The van der Waals surface area contributed by atoms with Gasteiger partial charge in [0.15, 0.2) is 0 Å². The van der Waals surface area contributed by atoms with E-state index < -0.39 is 0 Å². The van der Waals surface area contributed by atoms with Crippen molar-refractivity contribution in [1.29, 1.82) is 5.26 Å². The molecule has 0 atom stereocenters. The van der Waals surface area contributed by atoms with Crippen molar-refractivity contribution in [3.8, 4) is 6.26 Å². The summed E-state index contributed by atoms with van der Waals surface area (Å²) in [6.07, 6.45) is 5.42. The summed E-state index contributed by atoms with van der Waals surface area (Å²) in [6, 6.07) is 0. The number of rotatable bonds is 8. The maximum Gasteiger partial charge on any atom is 0.292 e. The minimum atomic E-state index is -0.185. The summed E-state index contributed by atoms with van der Waals surface area (Å²) < 4.78 is 4.97. The molecule has 0 aromatic carbocycles. The Bertz CT molecular complexity index is 392. The number of carbonyl (C=O) groups is 1. The molecule has 0 spiro atoms. The van der Waals surface area contributed by atoms with Crippen molar-refractivity contribution in [1.82, 2.24) is 5.48 Å². The van der Waals surface area contributed by atoms with Gasteiger partial charge in [-0.3, -0.25) is 9.63 Å². The molecule has 5 heteroatoms. The van der Waals surface area contributed by atoms with E-state index in [2.05, 4.69) is 5.48 Å². The molecule has 0 bridgehead atoms. The van der Waals surface area contributed by atoms with E-state index in [1.165, 1.54) is 0 Å². The monoisotopic (exact) mass is 266 g/mol. The first-order chi connectivity index (χ1) is 9.10. The quantitative estimate of drug-likeness (QED) is 0.317. The summed E-state index contributed by atoms with van der Waals surface area (Å²) in [4.78, 5) is 16.3. The predicted molar refractivity (Wildman–Crippen MR) is 72.4 cm³/mol. The second-order valence-corrected chi connectivity index (χ2v) is 3.95. The Labute approximate surface area is 114 Å². The van der Waals surface area contributed by atoms with Crippen LogP contribution in [0.2, 0.25) is 0 Å². The Morgan fingerprint density at radius 3 is 2.47 bits per heavy atom. The van der Waals surface area contributed by atoms with Crippen LogP contribution >= 0.6 is 0 Å². The zero-order chi connectivity index (χ0) is 14.7. The van der Waals surface area contributed by atoms with E-state index in [1.54, 1.807) is 13.2 Å². The number of hydrogen-bond acceptors (Lipinski definition) is 4. The topological polar surface area (TPSA) is 71.3 Å². The molecule has 1 amide bonds. The molecule has 1 N–H and O–H groups in total. The van der Waals surface area contributed by atoms with E-state index in [0.29, 0.717) is 12.2 Å². The first-order valence-corrected chi connectivity index (χ1v) is 6.46. The van der Waals surface area contributed by atoms with Gasteiger partial charge < -0.3 is 4.74 Å². The van der Waals surface area contributed by atoms with Gasteiger partial charge in [0.1, 0.15) is 12.4 Å². The van der Waals surface area contributed by atoms with Crippen molar-refractivity contribution in [3.63, 3.8) is 0 Å². The summed E-state index contributed by atoms with van der Waals surface area (Å²) in [6.45, 7) is 7.84. The van der Waals surface area contributed by atoms with Crippen LogP contribution in [-0.2, 0) is 14.4 Å². The van der Waals surface area contributed by atoms with Crippen LogP contribution in [0.4, 0.5) is 0 Å². The molecule has 0 aromatic rings. The number of nitriles is 1. The average molecular weight is 266 g/mol. The van der Waals surface area contributed by atoms with Crippen molar-refractivity contribution < 1.29 is 14.4 Å². The molecular weight excluding hydrogens is 244 g/mol. The maximum absolute atomic E-state index is 11.1. The lowest BCUT2D eigenvalue weighted by Gasteiger charge is -2.13. The molecule has 0 aliphatic carbocycles. The summed E-state index contributed by atoms with van der Waals surface area (Å²) in [5.41, 5.74) is 4.19. The number of amides is 1. The second-order valence-electron chi connectivity index (χ2n) is 3.95. The molecule has 0 radical (unpaired) electrons. The fourth-order valence-electron chi connectivity index (χ4n) is 1.34. The van der Waals surface area contributed by atoms with Gasteiger partial charge in [0.25, 0.3) is 6.26 Å². The van der Waals surface area contributed by atoms with E-state index in [-0.39, 0.29) is 12.5 Å². The first kappa shape index (κ1) is 17.2. The Balaban J connectivity index is 4.88. The number of hydroxylamine groups is 1. The standard InChI is InChI=1S/C14H22N2O3/c1-5-8-13(18-10-15)12(11(4)6-2)9-19-16-14(17)7-3/h8H,5-7,9H2,1-4H3,(H,16,17)/b12-11-,13-8+. The van der Waals surface area contributed by atoms with E-state index in [0.717, 1.165) is 24.0 Å². The molecule has 5 nitrogen and oxygen atoms in total. The molecule has 0 heterocycles. The molecule has 0 unspecified atom stereocenters. The molecule has 0 aliphatic heterocycles. The third-order valence-electron chi connectivity index (χ3n) is 2.61. The van der Waals surface area contributed by atoms with E-state index in [9.17, 15) is 4.79 Å². The third kappa shape index (κ3) is 6.63. The molecule has 0 fully saturated rings. The fourth-order valence-corrected chi connectivity index (χ4v) is 1.34. The van der Waals surface area contributed by atoms with Gasteiger partial charge in [-0.15, -0.1) is 5.26 Å². The van der Waals surface area contributed by atoms with Crippen molar-refractivity contribution in [2.24, 2.45) is 0 Å². The van der Waals surface area contributed by atoms with Gasteiger partial charge >= 0.3 is 0 Å². The number of nitrogens with one attached hydrogen (secondary N) is 1. The van der Waals surface area contributed by atoms with Crippen molar-refractivity contribution >= 4 is 5.91 Å². The molecule has 0 rings (SSSR count). The van der Waals surface area contributed by atoms with Crippen LogP contribution in [-0.4, -0.2) is 12.5 Å². The first-order valence-electron chi connectivity index (χ1n) is 6.46. The lowest BCUT2D eigenvalue weighted by Crippen LogP contribution is -2.24. The number of ether oxygens (including phenoxy) is 1. The van der Waals surface area contributed by atoms with Crippen molar-refractivity contribution in [2.75, 3.05) is 6.61 Å². The van der Waals surface area contributed by atoms with E-state index in [1.807, 2.05) is 26.8 Å². The zero-order valence-corrected chi connectivity index (χ0v) is 12.1. The van der Waals surface area contributed by atoms with Gasteiger partial charge in [0.2, 0.25) is 5.91 Å². The van der Waals surface area contributed by atoms with Gasteiger partial charge in [-0.25, -0.2) is 5.48 Å². The molecule has 0 aromatic heterocycles. The largest absolute Gasteiger partial charge is 0.388 e. The van der Waals surface area contributed by atoms with Crippen LogP contribution in [0.5, 0.6) is 0 Å². The summed E-state index contributed by atoms with van der Waals surface area (Å²) in [5, 5.41) is 8.67. The highest BCUT2D eigenvalue weighted by Gasteiger charge is 2.11. The lowest BCUT2D eigenvalue weighted by atomic mass is 10.1. The fraction of sp³-hybridized carbons (Fsp3) is 0.571. The number of hydrogen-bond donors (Lipinski definition) is 1.